The molecule has 0 unspecified atom stereocenters. The zero-order valence-electron chi connectivity index (χ0n) is 23.2. The minimum absolute atomic E-state index is 0.182. The first-order valence-corrected chi connectivity index (χ1v) is 14.7. The van der Waals surface area contributed by atoms with E-state index in [0.29, 0.717) is 18.5 Å². The molecule has 0 aromatic heterocycles. The van der Waals surface area contributed by atoms with Crippen LogP contribution in [0.1, 0.15) is 56.2 Å². The molecule has 3 rings (SSSR count). The summed E-state index contributed by atoms with van der Waals surface area (Å²) in [7, 11) is 0. The van der Waals surface area contributed by atoms with Gasteiger partial charge in [-0.15, -0.1) is 11.8 Å². The van der Waals surface area contributed by atoms with Gasteiger partial charge in [0.1, 0.15) is 6.54 Å². The molecule has 0 fully saturated rings. The van der Waals surface area contributed by atoms with Crippen LogP contribution in [0.4, 0.5) is 0 Å². The summed E-state index contributed by atoms with van der Waals surface area (Å²) in [5.41, 5.74) is 3.67. The minimum atomic E-state index is -1.50. The number of hydrogen-bond donors (Lipinski definition) is 3. The molecule has 0 bridgehead atoms. The summed E-state index contributed by atoms with van der Waals surface area (Å²) in [6.45, 7) is 6.18. The van der Waals surface area contributed by atoms with E-state index in [1.807, 2.05) is 81.4 Å². The van der Waals surface area contributed by atoms with Crippen molar-refractivity contribution in [2.24, 2.45) is 0 Å². The number of rotatable bonds is 13. The second kappa shape index (κ2) is 15.5. The van der Waals surface area contributed by atoms with E-state index in [9.17, 15) is 19.5 Å². The van der Waals surface area contributed by atoms with Crippen LogP contribution in [-0.2, 0) is 27.3 Å². The van der Waals surface area contributed by atoms with E-state index in [0.717, 1.165) is 36.0 Å². The van der Waals surface area contributed by atoms with Gasteiger partial charge in [-0.25, -0.2) is 0 Å². The number of nitrogens with zero attached hydrogens (tertiary/aromatic N) is 1. The molecule has 3 amide bonds. The molecule has 2 aromatic carbocycles. The molecule has 1 aliphatic rings. The Labute approximate surface area is 236 Å². The van der Waals surface area contributed by atoms with Gasteiger partial charge in [0.25, 0.3) is 5.91 Å². The summed E-state index contributed by atoms with van der Waals surface area (Å²) in [5.74, 6) is -0.878. The van der Waals surface area contributed by atoms with Crippen LogP contribution in [0.15, 0.2) is 66.2 Å². The number of aryl methyl sites for hydroxylation is 1. The Morgan fingerprint density at radius 3 is 2.41 bits per heavy atom. The highest BCUT2D eigenvalue weighted by atomic mass is 32.2. The highest BCUT2D eigenvalue weighted by molar-refractivity contribution is 7.99. The number of aliphatic hydroxyl groups excluding tert-OH is 1. The largest absolute Gasteiger partial charge is 0.381 e. The SMILES string of the molecule is Cc1ccccc1CNC(=O)CN(CSC(C)C)C(=O)[C@@H](O)[C@H](Cc1ccccc1)NC(=O)C1=CCCCC1. The van der Waals surface area contributed by atoms with E-state index in [1.54, 1.807) is 0 Å². The average molecular weight is 552 g/mol. The van der Waals surface area contributed by atoms with E-state index in [4.69, 9.17) is 0 Å². The van der Waals surface area contributed by atoms with Gasteiger partial charge in [0.15, 0.2) is 6.10 Å². The molecule has 7 nitrogen and oxygen atoms in total. The Balaban J connectivity index is 1.74. The van der Waals surface area contributed by atoms with Crippen molar-refractivity contribution in [1.29, 1.82) is 0 Å². The smallest absolute Gasteiger partial charge is 0.254 e. The highest BCUT2D eigenvalue weighted by Crippen LogP contribution is 2.19. The molecule has 0 saturated carbocycles. The third-order valence-electron chi connectivity index (χ3n) is 6.78. The van der Waals surface area contributed by atoms with Crippen molar-refractivity contribution in [2.45, 2.75) is 76.8 Å². The average Bonchev–Trinajstić information content (AvgIpc) is 2.94. The minimum Gasteiger partial charge on any atom is -0.381 e. The third kappa shape index (κ3) is 9.86. The van der Waals surface area contributed by atoms with Crippen molar-refractivity contribution in [3.05, 3.63) is 82.9 Å². The molecular formula is C31H41N3O4S. The fraction of sp³-hybridized carbons (Fsp3) is 0.452. The van der Waals surface area contributed by atoms with Crippen molar-refractivity contribution >= 4 is 29.5 Å². The van der Waals surface area contributed by atoms with Gasteiger partial charge in [-0.2, -0.15) is 0 Å². The van der Waals surface area contributed by atoms with Gasteiger partial charge in [0, 0.05) is 17.4 Å². The van der Waals surface area contributed by atoms with E-state index in [1.165, 1.54) is 16.7 Å². The molecule has 2 atom stereocenters. The number of amides is 3. The van der Waals surface area contributed by atoms with E-state index in [-0.39, 0.29) is 35.9 Å². The molecule has 0 radical (unpaired) electrons. The molecule has 0 saturated heterocycles. The molecular weight excluding hydrogens is 510 g/mol. The van der Waals surface area contributed by atoms with Crippen molar-refractivity contribution in [3.8, 4) is 0 Å². The number of carbonyl (C=O) groups excluding carboxylic acids is 3. The summed E-state index contributed by atoms with van der Waals surface area (Å²) in [4.78, 5) is 40.9. The van der Waals surface area contributed by atoms with E-state index < -0.39 is 18.1 Å². The van der Waals surface area contributed by atoms with Gasteiger partial charge in [-0.3, -0.25) is 14.4 Å². The maximum Gasteiger partial charge on any atom is 0.254 e. The number of allylic oxidation sites excluding steroid dienone is 1. The van der Waals surface area contributed by atoms with Crippen LogP contribution in [0.3, 0.4) is 0 Å². The predicted octanol–water partition coefficient (Wildman–Crippen LogP) is 4.13. The van der Waals surface area contributed by atoms with Crippen molar-refractivity contribution in [3.63, 3.8) is 0 Å². The summed E-state index contributed by atoms with van der Waals surface area (Å²) in [6.07, 6.45) is 4.27. The summed E-state index contributed by atoms with van der Waals surface area (Å²) in [5, 5.41) is 17.4. The first kappa shape index (κ1) is 30.4. The van der Waals surface area contributed by atoms with Gasteiger partial charge < -0.3 is 20.6 Å². The summed E-state index contributed by atoms with van der Waals surface area (Å²) in [6, 6.07) is 16.4. The van der Waals surface area contributed by atoms with Crippen LogP contribution in [0.25, 0.3) is 0 Å². The van der Waals surface area contributed by atoms with E-state index in [2.05, 4.69) is 10.6 Å². The second-order valence-corrected chi connectivity index (χ2v) is 11.8. The van der Waals surface area contributed by atoms with Crippen LogP contribution in [0.2, 0.25) is 0 Å². The lowest BCUT2D eigenvalue weighted by Crippen LogP contribution is -2.54. The first-order chi connectivity index (χ1) is 18.7. The van der Waals surface area contributed by atoms with Gasteiger partial charge in [0.2, 0.25) is 11.8 Å². The topological polar surface area (TPSA) is 98.7 Å². The number of benzene rings is 2. The Morgan fingerprint density at radius 2 is 1.74 bits per heavy atom. The molecule has 1 aliphatic carbocycles. The molecule has 2 aromatic rings. The molecule has 0 spiro atoms. The Kier molecular flexibility index (Phi) is 12.1. The lowest BCUT2D eigenvalue weighted by molar-refractivity contribution is -0.144. The van der Waals surface area contributed by atoms with Gasteiger partial charge in [0.05, 0.1) is 11.9 Å². The van der Waals surface area contributed by atoms with Crippen molar-refractivity contribution in [2.75, 3.05) is 12.4 Å². The first-order valence-electron chi connectivity index (χ1n) is 13.7. The number of thioether (sulfide) groups is 1. The summed E-state index contributed by atoms with van der Waals surface area (Å²) >= 11 is 1.51. The number of hydrogen-bond acceptors (Lipinski definition) is 5. The van der Waals surface area contributed by atoms with Crippen LogP contribution < -0.4 is 10.6 Å². The zero-order chi connectivity index (χ0) is 28.2. The molecule has 0 aliphatic heterocycles. The lowest BCUT2D eigenvalue weighted by Gasteiger charge is -2.30. The zero-order valence-corrected chi connectivity index (χ0v) is 24.0. The van der Waals surface area contributed by atoms with Gasteiger partial charge in [-0.1, -0.05) is 74.5 Å². The molecule has 3 N–H and O–H groups in total. The Bertz CT molecular complexity index is 1140. The molecule has 210 valence electrons. The van der Waals surface area contributed by atoms with Crippen LogP contribution in [-0.4, -0.2) is 57.5 Å². The van der Waals surface area contributed by atoms with Crippen molar-refractivity contribution in [1.82, 2.24) is 15.5 Å². The van der Waals surface area contributed by atoms with Crippen LogP contribution in [0, 0.1) is 6.92 Å². The maximum absolute atomic E-state index is 13.6. The van der Waals surface area contributed by atoms with Crippen LogP contribution in [0.5, 0.6) is 0 Å². The van der Waals surface area contributed by atoms with Gasteiger partial charge in [-0.05, 0) is 55.7 Å². The maximum atomic E-state index is 13.6. The number of carbonyl (C=O) groups is 3. The molecule has 8 heteroatoms. The standard InChI is InChI=1S/C31H41N3O4S/c1-22(2)39-21-34(20-28(35)32-19-26-17-11-10-12-23(26)3)31(38)29(36)27(18-24-13-6-4-7-14-24)33-30(37)25-15-8-5-9-16-25/h4,6-7,10-15,17,22,27,29,36H,5,8-9,16,18-21H2,1-3H3,(H,32,35)(H,33,37)/t27-,29-/m0/s1. The number of aliphatic hydroxyl groups is 1. The monoisotopic (exact) mass is 551 g/mol. The van der Waals surface area contributed by atoms with Crippen molar-refractivity contribution < 1.29 is 19.5 Å². The number of nitrogens with one attached hydrogen (secondary N) is 2. The molecule has 39 heavy (non-hydrogen) atoms. The van der Waals surface area contributed by atoms with Gasteiger partial charge >= 0.3 is 0 Å². The fourth-order valence-electron chi connectivity index (χ4n) is 4.43. The highest BCUT2D eigenvalue weighted by Gasteiger charge is 2.33. The normalized spacial score (nSPS) is 14.7. The Hall–Kier alpha value is -3.10. The lowest BCUT2D eigenvalue weighted by atomic mass is 9.96. The second-order valence-electron chi connectivity index (χ2n) is 10.3. The van der Waals surface area contributed by atoms with Crippen LogP contribution >= 0.6 is 11.8 Å². The van der Waals surface area contributed by atoms with E-state index >= 15 is 0 Å². The third-order valence-corrected chi connectivity index (χ3v) is 7.91. The quantitative estimate of drug-likeness (QED) is 0.325. The summed E-state index contributed by atoms with van der Waals surface area (Å²) < 4.78 is 0. The molecule has 0 heterocycles. The Morgan fingerprint density at radius 1 is 1.03 bits per heavy atom. The predicted molar refractivity (Wildman–Crippen MR) is 157 cm³/mol. The fourth-order valence-corrected chi connectivity index (χ4v) is 5.13.